The second-order valence-electron chi connectivity index (χ2n) is 6.64. The number of nitrogens with zero attached hydrogens (tertiary/aromatic N) is 1. The molecule has 0 aromatic heterocycles. The van der Waals surface area contributed by atoms with Crippen LogP contribution >= 0.6 is 11.6 Å². The molecule has 0 aliphatic carbocycles. The summed E-state index contributed by atoms with van der Waals surface area (Å²) in [5.74, 6) is 1.66. The van der Waals surface area contributed by atoms with E-state index in [9.17, 15) is 5.11 Å². The maximum atomic E-state index is 10.3. The predicted molar refractivity (Wildman–Crippen MR) is 89.6 cm³/mol. The Kier molecular flexibility index (Phi) is 6.53. The molecule has 2 rings (SSSR count). The summed E-state index contributed by atoms with van der Waals surface area (Å²) in [6.45, 7) is 7.99. The minimum atomic E-state index is -0.409. The lowest BCUT2D eigenvalue weighted by atomic mass is 9.89. The molecular formula is C18H28ClNO. The van der Waals surface area contributed by atoms with Crippen molar-refractivity contribution in [3.05, 3.63) is 34.9 Å². The van der Waals surface area contributed by atoms with Crippen LogP contribution in [0.5, 0.6) is 0 Å². The van der Waals surface area contributed by atoms with Crippen LogP contribution in [0.1, 0.15) is 51.2 Å². The summed E-state index contributed by atoms with van der Waals surface area (Å²) in [4.78, 5) is 2.51. The van der Waals surface area contributed by atoms with E-state index < -0.39 is 6.10 Å². The molecule has 1 saturated heterocycles. The Balaban J connectivity index is 1.80. The number of hydrogen-bond acceptors (Lipinski definition) is 2. The largest absolute Gasteiger partial charge is 0.388 e. The van der Waals surface area contributed by atoms with Crippen LogP contribution < -0.4 is 0 Å². The molecule has 2 atom stereocenters. The topological polar surface area (TPSA) is 23.5 Å². The van der Waals surface area contributed by atoms with Gasteiger partial charge in [0.2, 0.25) is 0 Å². The Labute approximate surface area is 134 Å². The van der Waals surface area contributed by atoms with Gasteiger partial charge in [-0.15, -0.1) is 0 Å². The zero-order valence-electron chi connectivity index (χ0n) is 13.3. The number of aliphatic hydroxyl groups is 1. The van der Waals surface area contributed by atoms with E-state index in [1.54, 1.807) is 0 Å². The van der Waals surface area contributed by atoms with Gasteiger partial charge >= 0.3 is 0 Å². The van der Waals surface area contributed by atoms with Crippen LogP contribution in [0.3, 0.4) is 0 Å². The summed E-state index contributed by atoms with van der Waals surface area (Å²) in [6, 6.07) is 7.57. The van der Waals surface area contributed by atoms with Crippen LogP contribution in [0.2, 0.25) is 5.02 Å². The van der Waals surface area contributed by atoms with Crippen molar-refractivity contribution in [1.29, 1.82) is 0 Å². The number of likely N-dealkylation sites (tertiary alicyclic amines) is 1. The highest BCUT2D eigenvalue weighted by Crippen LogP contribution is 2.26. The first-order chi connectivity index (χ1) is 10.1. The van der Waals surface area contributed by atoms with Gasteiger partial charge < -0.3 is 10.0 Å². The minimum Gasteiger partial charge on any atom is -0.388 e. The number of halogens is 1. The molecule has 1 heterocycles. The maximum absolute atomic E-state index is 10.3. The van der Waals surface area contributed by atoms with Crippen molar-refractivity contribution in [2.75, 3.05) is 19.6 Å². The average molecular weight is 310 g/mol. The van der Waals surface area contributed by atoms with Crippen molar-refractivity contribution < 1.29 is 5.11 Å². The van der Waals surface area contributed by atoms with Crippen molar-refractivity contribution in [1.82, 2.24) is 4.90 Å². The molecule has 2 unspecified atom stereocenters. The minimum absolute atomic E-state index is 0.409. The van der Waals surface area contributed by atoms with Gasteiger partial charge in [0.05, 0.1) is 6.10 Å². The third kappa shape index (κ3) is 5.28. The Bertz CT molecular complexity index is 435. The van der Waals surface area contributed by atoms with E-state index in [1.807, 2.05) is 24.3 Å². The van der Waals surface area contributed by atoms with Crippen LogP contribution in [0, 0.1) is 11.8 Å². The normalized spacial score (nSPS) is 22.2. The monoisotopic (exact) mass is 309 g/mol. The van der Waals surface area contributed by atoms with Gasteiger partial charge in [0.15, 0.2) is 0 Å². The summed E-state index contributed by atoms with van der Waals surface area (Å²) >= 11 is 5.98. The molecule has 3 heteroatoms. The molecule has 118 valence electrons. The lowest BCUT2D eigenvalue weighted by Gasteiger charge is -2.22. The summed E-state index contributed by atoms with van der Waals surface area (Å²) in [5.41, 5.74) is 0.928. The summed E-state index contributed by atoms with van der Waals surface area (Å²) in [7, 11) is 0. The highest BCUT2D eigenvalue weighted by atomic mass is 35.5. The summed E-state index contributed by atoms with van der Waals surface area (Å²) in [5, 5.41) is 11.0. The van der Waals surface area contributed by atoms with Crippen molar-refractivity contribution in [2.24, 2.45) is 11.8 Å². The fourth-order valence-corrected chi connectivity index (χ4v) is 3.46. The Morgan fingerprint density at radius 1 is 1.29 bits per heavy atom. The van der Waals surface area contributed by atoms with Gasteiger partial charge in [0.1, 0.15) is 0 Å². The van der Waals surface area contributed by atoms with Gasteiger partial charge in [0, 0.05) is 11.6 Å². The molecule has 0 bridgehead atoms. The zero-order valence-corrected chi connectivity index (χ0v) is 14.0. The van der Waals surface area contributed by atoms with E-state index in [1.165, 1.54) is 32.4 Å². The van der Waals surface area contributed by atoms with E-state index in [0.29, 0.717) is 5.02 Å². The number of hydrogen-bond donors (Lipinski definition) is 1. The quantitative estimate of drug-likeness (QED) is 0.864. The van der Waals surface area contributed by atoms with Crippen molar-refractivity contribution in [2.45, 2.75) is 45.6 Å². The third-order valence-corrected chi connectivity index (χ3v) is 5.00. The fourth-order valence-electron chi connectivity index (χ4n) is 3.26. The van der Waals surface area contributed by atoms with Gasteiger partial charge in [-0.05, 0) is 68.3 Å². The second kappa shape index (κ2) is 8.17. The van der Waals surface area contributed by atoms with E-state index >= 15 is 0 Å². The standard InChI is InChI=1S/C18H28ClNO/c1-14(2)15-6-4-10-20(11-8-15)12-9-18(21)16-5-3-7-17(19)13-16/h3,5,7,13-15,18,21H,4,6,8-12H2,1-2H3. The van der Waals surface area contributed by atoms with Crippen LogP contribution in [-0.2, 0) is 0 Å². The molecule has 0 radical (unpaired) electrons. The van der Waals surface area contributed by atoms with E-state index in [-0.39, 0.29) is 0 Å². The second-order valence-corrected chi connectivity index (χ2v) is 7.07. The molecule has 0 saturated carbocycles. The lowest BCUT2D eigenvalue weighted by molar-refractivity contribution is 0.142. The highest BCUT2D eigenvalue weighted by Gasteiger charge is 2.20. The molecular weight excluding hydrogens is 282 g/mol. The van der Waals surface area contributed by atoms with Gasteiger partial charge in [-0.2, -0.15) is 0 Å². The average Bonchev–Trinajstić information content (AvgIpc) is 2.70. The molecule has 0 amide bonds. The third-order valence-electron chi connectivity index (χ3n) is 4.76. The van der Waals surface area contributed by atoms with E-state index in [0.717, 1.165) is 30.4 Å². The Morgan fingerprint density at radius 3 is 2.81 bits per heavy atom. The Hall–Kier alpha value is -0.570. The maximum Gasteiger partial charge on any atom is 0.0802 e. The number of rotatable bonds is 5. The van der Waals surface area contributed by atoms with Gasteiger partial charge in [-0.25, -0.2) is 0 Å². The first-order valence-corrected chi connectivity index (χ1v) is 8.60. The molecule has 1 aliphatic heterocycles. The van der Waals surface area contributed by atoms with Gasteiger partial charge in [0.25, 0.3) is 0 Å². The van der Waals surface area contributed by atoms with Crippen molar-refractivity contribution in [3.8, 4) is 0 Å². The first-order valence-electron chi connectivity index (χ1n) is 8.22. The van der Waals surface area contributed by atoms with Crippen molar-refractivity contribution >= 4 is 11.6 Å². The van der Waals surface area contributed by atoms with Crippen LogP contribution in [-0.4, -0.2) is 29.6 Å². The molecule has 1 fully saturated rings. The van der Waals surface area contributed by atoms with Crippen LogP contribution in [0.25, 0.3) is 0 Å². The Morgan fingerprint density at radius 2 is 2.10 bits per heavy atom. The predicted octanol–water partition coefficient (Wildman–Crippen LogP) is 4.52. The molecule has 1 N–H and O–H groups in total. The SMILES string of the molecule is CC(C)C1CCCN(CCC(O)c2cccc(Cl)c2)CC1. The first kappa shape index (κ1) is 16.8. The van der Waals surface area contributed by atoms with Crippen molar-refractivity contribution in [3.63, 3.8) is 0 Å². The molecule has 0 spiro atoms. The fraction of sp³-hybridized carbons (Fsp3) is 0.667. The smallest absolute Gasteiger partial charge is 0.0802 e. The molecule has 1 aromatic carbocycles. The highest BCUT2D eigenvalue weighted by molar-refractivity contribution is 6.30. The molecule has 2 nitrogen and oxygen atoms in total. The van der Waals surface area contributed by atoms with E-state index in [2.05, 4.69) is 18.7 Å². The molecule has 1 aromatic rings. The zero-order chi connectivity index (χ0) is 15.2. The number of aliphatic hydroxyl groups excluding tert-OH is 1. The lowest BCUT2D eigenvalue weighted by Crippen LogP contribution is -2.27. The van der Waals surface area contributed by atoms with Crippen LogP contribution in [0.15, 0.2) is 24.3 Å². The van der Waals surface area contributed by atoms with E-state index in [4.69, 9.17) is 11.6 Å². The summed E-state index contributed by atoms with van der Waals surface area (Å²) < 4.78 is 0. The van der Waals surface area contributed by atoms with Crippen LogP contribution in [0.4, 0.5) is 0 Å². The summed E-state index contributed by atoms with van der Waals surface area (Å²) in [6.07, 6.45) is 4.31. The molecule has 21 heavy (non-hydrogen) atoms. The van der Waals surface area contributed by atoms with Gasteiger partial charge in [-0.3, -0.25) is 0 Å². The molecule has 1 aliphatic rings. The number of benzene rings is 1. The van der Waals surface area contributed by atoms with Gasteiger partial charge in [-0.1, -0.05) is 37.6 Å².